The van der Waals surface area contributed by atoms with Gasteiger partial charge in [0.15, 0.2) is 0 Å². The summed E-state index contributed by atoms with van der Waals surface area (Å²) < 4.78 is 5.27. The molecule has 0 spiro atoms. The second kappa shape index (κ2) is 4.15. The molecular formula is C14H15NOS. The molecule has 1 aromatic heterocycles. The first-order chi connectivity index (χ1) is 8.28. The fourth-order valence-electron chi connectivity index (χ4n) is 2.00. The molecule has 0 atom stereocenters. The molecule has 0 unspecified atom stereocenters. The number of methoxy groups -OCH3 is 1. The number of benzene rings is 1. The summed E-state index contributed by atoms with van der Waals surface area (Å²) in [5.74, 6) is 1.67. The van der Waals surface area contributed by atoms with E-state index in [-0.39, 0.29) is 0 Å². The maximum Gasteiger partial charge on any atom is 0.123 e. The Morgan fingerprint density at radius 2 is 2.18 bits per heavy atom. The first-order valence-electron chi connectivity index (χ1n) is 5.88. The van der Waals surface area contributed by atoms with Crippen LogP contribution in [0.2, 0.25) is 0 Å². The number of thiazole rings is 1. The van der Waals surface area contributed by atoms with Gasteiger partial charge in [-0.15, -0.1) is 11.3 Å². The van der Waals surface area contributed by atoms with E-state index in [0.29, 0.717) is 0 Å². The average molecular weight is 245 g/mol. The summed E-state index contributed by atoms with van der Waals surface area (Å²) in [5, 5.41) is 3.32. The number of aromatic nitrogens is 1. The van der Waals surface area contributed by atoms with Gasteiger partial charge in [-0.1, -0.05) is 0 Å². The van der Waals surface area contributed by atoms with Gasteiger partial charge in [0, 0.05) is 16.9 Å². The van der Waals surface area contributed by atoms with Crippen molar-refractivity contribution < 1.29 is 4.74 Å². The lowest BCUT2D eigenvalue weighted by Crippen LogP contribution is -1.87. The van der Waals surface area contributed by atoms with Crippen molar-refractivity contribution in [3.05, 3.63) is 34.8 Å². The van der Waals surface area contributed by atoms with Gasteiger partial charge in [-0.25, -0.2) is 4.98 Å². The van der Waals surface area contributed by atoms with E-state index in [1.54, 1.807) is 18.4 Å². The van der Waals surface area contributed by atoms with Crippen molar-refractivity contribution in [1.29, 1.82) is 0 Å². The number of hydrogen-bond acceptors (Lipinski definition) is 3. The Bertz CT molecular complexity index is 543. The lowest BCUT2D eigenvalue weighted by atomic mass is 10.1. The second-order valence-electron chi connectivity index (χ2n) is 4.54. The molecule has 17 heavy (non-hydrogen) atoms. The highest BCUT2D eigenvalue weighted by molar-refractivity contribution is 7.13. The Morgan fingerprint density at radius 1 is 1.35 bits per heavy atom. The summed E-state index contributed by atoms with van der Waals surface area (Å²) in [5.41, 5.74) is 3.63. The normalized spacial score (nSPS) is 14.9. The SMILES string of the molecule is COc1ccc(-c2nc(C3CC3)cs2)cc1C. The van der Waals surface area contributed by atoms with Gasteiger partial charge in [-0.3, -0.25) is 0 Å². The molecule has 1 heterocycles. The van der Waals surface area contributed by atoms with Gasteiger partial charge in [0.25, 0.3) is 0 Å². The van der Waals surface area contributed by atoms with Crippen molar-refractivity contribution in [2.45, 2.75) is 25.7 Å². The number of rotatable bonds is 3. The van der Waals surface area contributed by atoms with Crippen LogP contribution in [-0.4, -0.2) is 12.1 Å². The molecular weight excluding hydrogens is 230 g/mol. The lowest BCUT2D eigenvalue weighted by Gasteiger charge is -2.05. The summed E-state index contributed by atoms with van der Waals surface area (Å²) in [6.45, 7) is 2.07. The predicted molar refractivity (Wildman–Crippen MR) is 70.8 cm³/mol. The van der Waals surface area contributed by atoms with Crippen LogP contribution in [-0.2, 0) is 0 Å². The Labute approximate surface area is 105 Å². The lowest BCUT2D eigenvalue weighted by molar-refractivity contribution is 0.412. The Balaban J connectivity index is 1.93. The summed E-state index contributed by atoms with van der Waals surface area (Å²) in [4.78, 5) is 4.72. The molecule has 2 nitrogen and oxygen atoms in total. The molecule has 0 saturated heterocycles. The van der Waals surface area contributed by atoms with Gasteiger partial charge < -0.3 is 4.74 Å². The van der Waals surface area contributed by atoms with E-state index >= 15 is 0 Å². The molecule has 3 rings (SSSR count). The molecule has 1 aliphatic carbocycles. The highest BCUT2D eigenvalue weighted by Crippen LogP contribution is 2.41. The fourth-order valence-corrected chi connectivity index (χ4v) is 2.90. The maximum absolute atomic E-state index is 5.27. The topological polar surface area (TPSA) is 22.1 Å². The molecule has 0 radical (unpaired) electrons. The highest BCUT2D eigenvalue weighted by atomic mass is 32.1. The van der Waals surface area contributed by atoms with Crippen molar-refractivity contribution in [2.24, 2.45) is 0 Å². The molecule has 0 bridgehead atoms. The number of hydrogen-bond donors (Lipinski definition) is 0. The quantitative estimate of drug-likeness (QED) is 0.815. The van der Waals surface area contributed by atoms with Crippen molar-refractivity contribution in [2.75, 3.05) is 7.11 Å². The van der Waals surface area contributed by atoms with Crippen LogP contribution in [0.25, 0.3) is 10.6 Å². The highest BCUT2D eigenvalue weighted by Gasteiger charge is 2.26. The van der Waals surface area contributed by atoms with Crippen LogP contribution >= 0.6 is 11.3 Å². The van der Waals surface area contributed by atoms with Gasteiger partial charge in [0.2, 0.25) is 0 Å². The smallest absolute Gasteiger partial charge is 0.123 e. The van der Waals surface area contributed by atoms with E-state index < -0.39 is 0 Å². The van der Waals surface area contributed by atoms with E-state index in [0.717, 1.165) is 22.2 Å². The van der Waals surface area contributed by atoms with Crippen LogP contribution in [0.3, 0.4) is 0 Å². The largest absolute Gasteiger partial charge is 0.496 e. The molecule has 0 amide bonds. The van der Waals surface area contributed by atoms with Gasteiger partial charge in [0.05, 0.1) is 12.8 Å². The van der Waals surface area contributed by atoms with Crippen molar-refractivity contribution in [1.82, 2.24) is 4.98 Å². The van der Waals surface area contributed by atoms with E-state index in [9.17, 15) is 0 Å². The van der Waals surface area contributed by atoms with E-state index in [1.807, 2.05) is 6.07 Å². The first-order valence-corrected chi connectivity index (χ1v) is 6.76. The van der Waals surface area contributed by atoms with E-state index in [4.69, 9.17) is 9.72 Å². The third-order valence-electron chi connectivity index (χ3n) is 3.16. The zero-order chi connectivity index (χ0) is 11.8. The Morgan fingerprint density at radius 3 is 2.82 bits per heavy atom. The van der Waals surface area contributed by atoms with Crippen LogP contribution < -0.4 is 4.74 Å². The third kappa shape index (κ3) is 2.07. The fraction of sp³-hybridized carbons (Fsp3) is 0.357. The molecule has 0 aliphatic heterocycles. The monoisotopic (exact) mass is 245 g/mol. The zero-order valence-corrected chi connectivity index (χ0v) is 10.9. The Kier molecular flexibility index (Phi) is 2.63. The van der Waals surface area contributed by atoms with Crippen LogP contribution in [0.15, 0.2) is 23.6 Å². The minimum absolute atomic E-state index is 0.736. The summed E-state index contributed by atoms with van der Waals surface area (Å²) in [6, 6.07) is 6.25. The standard InChI is InChI=1S/C14H15NOS/c1-9-7-11(5-6-13(9)16-2)14-15-12(8-17-14)10-3-4-10/h5-8,10H,3-4H2,1-2H3. The zero-order valence-electron chi connectivity index (χ0n) is 10.1. The van der Waals surface area contributed by atoms with Crippen molar-refractivity contribution in [3.8, 4) is 16.3 Å². The van der Waals surface area contributed by atoms with Crippen LogP contribution in [0.5, 0.6) is 5.75 Å². The number of ether oxygens (including phenoxy) is 1. The summed E-state index contributed by atoms with van der Waals surface area (Å²) in [7, 11) is 1.70. The van der Waals surface area contributed by atoms with Crippen molar-refractivity contribution in [3.63, 3.8) is 0 Å². The van der Waals surface area contributed by atoms with E-state index in [1.165, 1.54) is 24.1 Å². The number of nitrogens with zero attached hydrogens (tertiary/aromatic N) is 1. The molecule has 1 aromatic carbocycles. The molecule has 1 saturated carbocycles. The van der Waals surface area contributed by atoms with Gasteiger partial charge >= 0.3 is 0 Å². The summed E-state index contributed by atoms with van der Waals surface area (Å²) in [6.07, 6.45) is 2.62. The second-order valence-corrected chi connectivity index (χ2v) is 5.39. The van der Waals surface area contributed by atoms with Crippen molar-refractivity contribution >= 4 is 11.3 Å². The minimum Gasteiger partial charge on any atom is -0.496 e. The Hall–Kier alpha value is -1.35. The van der Waals surface area contributed by atoms with Crippen LogP contribution in [0.1, 0.15) is 30.0 Å². The van der Waals surface area contributed by atoms with Crippen LogP contribution in [0.4, 0.5) is 0 Å². The van der Waals surface area contributed by atoms with Gasteiger partial charge in [-0.2, -0.15) is 0 Å². The van der Waals surface area contributed by atoms with E-state index in [2.05, 4.69) is 24.4 Å². The third-order valence-corrected chi connectivity index (χ3v) is 4.07. The molecule has 88 valence electrons. The molecule has 1 aliphatic rings. The molecule has 3 heteroatoms. The average Bonchev–Trinajstić information content (AvgIpc) is 3.07. The van der Waals surface area contributed by atoms with Crippen LogP contribution in [0, 0.1) is 6.92 Å². The summed E-state index contributed by atoms with van der Waals surface area (Å²) >= 11 is 1.74. The van der Waals surface area contributed by atoms with Gasteiger partial charge in [0.1, 0.15) is 10.8 Å². The maximum atomic E-state index is 5.27. The minimum atomic E-state index is 0.736. The molecule has 1 fully saturated rings. The molecule has 0 N–H and O–H groups in total. The molecule has 2 aromatic rings. The predicted octanol–water partition coefficient (Wildman–Crippen LogP) is 4.00. The number of aryl methyl sites for hydroxylation is 1. The first kappa shape index (κ1) is 10.8. The van der Waals surface area contributed by atoms with Gasteiger partial charge in [-0.05, 0) is 43.5 Å².